The fraction of sp³-hybridized carbons (Fsp3) is 0.500. The fourth-order valence-corrected chi connectivity index (χ4v) is 3.77. The van der Waals surface area contributed by atoms with Crippen molar-refractivity contribution < 1.29 is 22.3 Å². The number of pyridine rings is 2. The number of rotatable bonds is 5. The number of halogens is 4. The molecule has 3 heterocycles. The topological polar surface area (TPSA) is 47.0 Å². The molecule has 2 atom stereocenters. The summed E-state index contributed by atoms with van der Waals surface area (Å²) in [6.45, 7) is 3.08. The van der Waals surface area contributed by atoms with E-state index in [1.165, 1.54) is 0 Å². The Morgan fingerprint density at radius 3 is 2.68 bits per heavy atom. The summed E-state index contributed by atoms with van der Waals surface area (Å²) in [5.41, 5.74) is 0.390. The Bertz CT molecular complexity index is 896. The number of nitrogens with zero attached hydrogens (tertiary/aromatic N) is 2. The lowest BCUT2D eigenvalue weighted by Gasteiger charge is -2.19. The smallest absolute Gasteiger partial charge is 0.433 e. The molecular formula is C20H21F4N3O. The molecule has 4 nitrogen and oxygen atoms in total. The number of ether oxygens (including phenoxy) is 1. The van der Waals surface area contributed by atoms with Crippen LogP contribution in [0.3, 0.4) is 0 Å². The van der Waals surface area contributed by atoms with Crippen LogP contribution < -0.4 is 10.1 Å². The van der Waals surface area contributed by atoms with Gasteiger partial charge in [0.05, 0.1) is 12.8 Å². The van der Waals surface area contributed by atoms with Crippen molar-refractivity contribution in [1.82, 2.24) is 15.3 Å². The molecule has 0 radical (unpaired) electrons. The van der Waals surface area contributed by atoms with E-state index in [1.807, 2.05) is 20.0 Å². The van der Waals surface area contributed by atoms with Gasteiger partial charge in [0.1, 0.15) is 17.1 Å². The molecule has 1 aliphatic carbocycles. The first kappa shape index (κ1) is 19.1. The van der Waals surface area contributed by atoms with Crippen molar-refractivity contribution in [2.45, 2.75) is 37.8 Å². The van der Waals surface area contributed by atoms with Crippen LogP contribution in [0, 0.1) is 11.7 Å². The zero-order valence-corrected chi connectivity index (χ0v) is 15.6. The van der Waals surface area contributed by atoms with E-state index in [1.54, 1.807) is 0 Å². The van der Waals surface area contributed by atoms with Crippen molar-refractivity contribution in [2.24, 2.45) is 5.92 Å². The number of nitrogens with one attached hydrogen (secondary N) is 1. The molecule has 1 saturated carbocycles. The number of alkyl halides is 3. The van der Waals surface area contributed by atoms with Crippen molar-refractivity contribution in [2.75, 3.05) is 20.2 Å². The Kier molecular flexibility index (Phi) is 4.77. The summed E-state index contributed by atoms with van der Waals surface area (Å²) in [6, 6.07) is 2.69. The molecule has 1 fully saturated rings. The number of hydrogen-bond donors (Lipinski definition) is 1. The molecule has 2 unspecified atom stereocenters. The molecule has 2 aromatic heterocycles. The fourth-order valence-electron chi connectivity index (χ4n) is 3.77. The number of fused-ring (bicyclic) bond motifs is 1. The monoisotopic (exact) mass is 395 g/mol. The summed E-state index contributed by atoms with van der Waals surface area (Å²) in [5, 5.41) is 3.16. The zero-order valence-electron chi connectivity index (χ0n) is 15.6. The van der Waals surface area contributed by atoms with Crippen LogP contribution in [0.2, 0.25) is 0 Å². The van der Waals surface area contributed by atoms with Gasteiger partial charge in [-0.2, -0.15) is 13.2 Å². The van der Waals surface area contributed by atoms with Gasteiger partial charge < -0.3 is 10.1 Å². The van der Waals surface area contributed by atoms with E-state index in [4.69, 9.17) is 4.74 Å². The highest BCUT2D eigenvalue weighted by Crippen LogP contribution is 2.47. The minimum Gasteiger partial charge on any atom is -0.490 e. The molecule has 150 valence electrons. The maximum atomic E-state index is 14.5. The molecule has 4 rings (SSSR count). The molecule has 0 bridgehead atoms. The average Bonchev–Trinajstić information content (AvgIpc) is 3.42. The van der Waals surface area contributed by atoms with Crippen LogP contribution in [0.5, 0.6) is 5.75 Å². The summed E-state index contributed by atoms with van der Waals surface area (Å²) < 4.78 is 59.6. The van der Waals surface area contributed by atoms with Crippen LogP contribution in [0.15, 0.2) is 18.3 Å². The summed E-state index contributed by atoms with van der Waals surface area (Å²) in [6.07, 6.45) is -1.88. The van der Waals surface area contributed by atoms with Gasteiger partial charge in [0.2, 0.25) is 0 Å². The van der Waals surface area contributed by atoms with E-state index in [9.17, 15) is 17.6 Å². The third kappa shape index (κ3) is 3.45. The predicted octanol–water partition coefficient (Wildman–Crippen LogP) is 4.51. The van der Waals surface area contributed by atoms with Crippen LogP contribution in [-0.4, -0.2) is 30.2 Å². The van der Waals surface area contributed by atoms with Crippen molar-refractivity contribution in [3.05, 3.63) is 41.1 Å². The highest BCUT2D eigenvalue weighted by atomic mass is 19.4. The Balaban J connectivity index is 1.88. The van der Waals surface area contributed by atoms with Crippen LogP contribution in [0.4, 0.5) is 17.6 Å². The SMILES string of the molecule is CNCC(c1cc2c(c(-c3cc(C(F)(F)F)ncc3F)n1)OCC2C)C1CC1. The average molecular weight is 395 g/mol. The van der Waals surface area contributed by atoms with Crippen LogP contribution in [0.25, 0.3) is 11.3 Å². The van der Waals surface area contributed by atoms with Crippen molar-refractivity contribution in [1.29, 1.82) is 0 Å². The third-order valence-corrected chi connectivity index (χ3v) is 5.43. The van der Waals surface area contributed by atoms with Gasteiger partial charge in [0, 0.05) is 35.2 Å². The minimum atomic E-state index is -4.67. The second-order valence-electron chi connectivity index (χ2n) is 7.57. The number of hydrogen-bond acceptors (Lipinski definition) is 4. The second kappa shape index (κ2) is 6.99. The molecule has 0 amide bonds. The van der Waals surface area contributed by atoms with E-state index in [-0.39, 0.29) is 23.1 Å². The number of aromatic nitrogens is 2. The predicted molar refractivity (Wildman–Crippen MR) is 95.7 cm³/mol. The largest absolute Gasteiger partial charge is 0.490 e. The van der Waals surface area contributed by atoms with Crippen LogP contribution in [-0.2, 0) is 6.18 Å². The maximum Gasteiger partial charge on any atom is 0.433 e. The van der Waals surface area contributed by atoms with Gasteiger partial charge >= 0.3 is 6.18 Å². The molecular weight excluding hydrogens is 374 g/mol. The van der Waals surface area contributed by atoms with Crippen molar-refractivity contribution >= 4 is 0 Å². The Morgan fingerprint density at radius 1 is 1.29 bits per heavy atom. The standard InChI is InChI=1S/C20H21F4N3O/c1-10-9-28-19-12(10)5-16(14(7-25-2)11-3-4-11)27-18(19)13-6-17(20(22,23)24)26-8-15(13)21/h5-6,8,10-11,14,25H,3-4,7,9H2,1-2H3. The van der Waals surface area contributed by atoms with E-state index >= 15 is 0 Å². The minimum absolute atomic E-state index is 0.0666. The Hall–Kier alpha value is -2.22. The highest BCUT2D eigenvalue weighted by Gasteiger charge is 2.37. The van der Waals surface area contributed by atoms with Crippen molar-refractivity contribution in [3.63, 3.8) is 0 Å². The number of likely N-dealkylation sites (N-methyl/N-ethyl adjacent to an activating group) is 1. The first-order valence-corrected chi connectivity index (χ1v) is 9.35. The summed E-state index contributed by atoms with van der Waals surface area (Å²) >= 11 is 0. The first-order valence-electron chi connectivity index (χ1n) is 9.35. The van der Waals surface area contributed by atoms with Gasteiger partial charge in [-0.1, -0.05) is 6.92 Å². The van der Waals surface area contributed by atoms with E-state index in [0.29, 0.717) is 31.0 Å². The van der Waals surface area contributed by atoms with E-state index in [0.717, 1.165) is 30.2 Å². The van der Waals surface area contributed by atoms with E-state index in [2.05, 4.69) is 15.3 Å². The van der Waals surface area contributed by atoms with Gasteiger partial charge in [0.25, 0.3) is 0 Å². The summed E-state index contributed by atoms with van der Waals surface area (Å²) in [7, 11) is 1.85. The van der Waals surface area contributed by atoms with Gasteiger partial charge in [-0.05, 0) is 37.9 Å². The van der Waals surface area contributed by atoms with Gasteiger partial charge in [-0.15, -0.1) is 0 Å². The molecule has 28 heavy (non-hydrogen) atoms. The lowest BCUT2D eigenvalue weighted by Crippen LogP contribution is -2.20. The molecule has 1 aliphatic heterocycles. The maximum absolute atomic E-state index is 14.5. The second-order valence-corrected chi connectivity index (χ2v) is 7.57. The molecule has 2 aromatic rings. The molecule has 0 aromatic carbocycles. The van der Waals surface area contributed by atoms with Crippen LogP contribution in [0.1, 0.15) is 48.6 Å². The summed E-state index contributed by atoms with van der Waals surface area (Å²) in [4.78, 5) is 7.80. The lowest BCUT2D eigenvalue weighted by molar-refractivity contribution is -0.141. The first-order chi connectivity index (χ1) is 13.3. The zero-order chi connectivity index (χ0) is 20.1. The molecule has 0 saturated heterocycles. The van der Waals surface area contributed by atoms with Crippen LogP contribution >= 0.6 is 0 Å². The summed E-state index contributed by atoms with van der Waals surface area (Å²) in [5.74, 6) is 0.204. The van der Waals surface area contributed by atoms with Gasteiger partial charge in [-0.25, -0.2) is 14.4 Å². The Morgan fingerprint density at radius 2 is 2.04 bits per heavy atom. The van der Waals surface area contributed by atoms with Crippen molar-refractivity contribution in [3.8, 4) is 17.0 Å². The lowest BCUT2D eigenvalue weighted by atomic mass is 9.93. The highest BCUT2D eigenvalue weighted by molar-refractivity contribution is 5.70. The molecule has 0 spiro atoms. The normalized spacial score (nSPS) is 20.0. The van der Waals surface area contributed by atoms with Gasteiger partial charge in [0.15, 0.2) is 5.82 Å². The third-order valence-electron chi connectivity index (χ3n) is 5.43. The van der Waals surface area contributed by atoms with E-state index < -0.39 is 17.7 Å². The molecule has 8 heteroatoms. The molecule has 2 aliphatic rings. The van der Waals surface area contributed by atoms with Gasteiger partial charge in [-0.3, -0.25) is 0 Å². The Labute approximate surface area is 160 Å². The molecule has 1 N–H and O–H groups in total. The quantitative estimate of drug-likeness (QED) is 0.757.